The van der Waals surface area contributed by atoms with Crippen molar-refractivity contribution in [2.75, 3.05) is 13.7 Å². The molecule has 1 saturated heterocycles. The minimum absolute atomic E-state index is 0.257. The number of methoxy groups -OCH3 is 1. The second-order valence-electron chi connectivity index (χ2n) is 4.89. The highest BCUT2D eigenvalue weighted by Gasteiger charge is 2.36. The summed E-state index contributed by atoms with van der Waals surface area (Å²) in [7, 11) is 1.31. The average Bonchev–Trinajstić information content (AvgIpc) is 3.16. The van der Waals surface area contributed by atoms with E-state index in [1.54, 1.807) is 24.4 Å². The fraction of sp³-hybridized carbons (Fsp3) is 0.500. The van der Waals surface area contributed by atoms with E-state index in [-0.39, 0.29) is 11.8 Å². The first-order valence-corrected chi connectivity index (χ1v) is 7.65. The van der Waals surface area contributed by atoms with Crippen LogP contribution in [-0.4, -0.2) is 48.4 Å². The van der Waals surface area contributed by atoms with E-state index in [4.69, 9.17) is 4.74 Å². The second-order valence-corrected chi connectivity index (χ2v) is 5.83. The van der Waals surface area contributed by atoms with E-state index in [0.29, 0.717) is 17.8 Å². The van der Waals surface area contributed by atoms with Crippen molar-refractivity contribution in [1.29, 1.82) is 0 Å². The van der Waals surface area contributed by atoms with Crippen molar-refractivity contribution in [1.82, 2.24) is 10.2 Å². The zero-order valence-corrected chi connectivity index (χ0v) is 12.8. The van der Waals surface area contributed by atoms with Gasteiger partial charge in [-0.25, -0.2) is 4.79 Å². The molecule has 7 heteroatoms. The molecule has 6 nitrogen and oxygen atoms in total. The molecule has 0 saturated carbocycles. The third kappa shape index (κ3) is 3.41. The number of carbonyl (C=O) groups excluding carboxylic acids is 3. The van der Waals surface area contributed by atoms with Crippen molar-refractivity contribution in [3.8, 4) is 0 Å². The Balaban J connectivity index is 1.98. The van der Waals surface area contributed by atoms with Gasteiger partial charge in [-0.1, -0.05) is 6.07 Å². The number of amides is 2. The first kappa shape index (κ1) is 15.5. The summed E-state index contributed by atoms with van der Waals surface area (Å²) in [5.41, 5.74) is 0. The molecule has 0 aromatic carbocycles. The highest BCUT2D eigenvalue weighted by Crippen LogP contribution is 2.19. The van der Waals surface area contributed by atoms with E-state index in [9.17, 15) is 14.4 Å². The first-order chi connectivity index (χ1) is 10.0. The number of hydrogen-bond donors (Lipinski definition) is 1. The Hall–Kier alpha value is -1.89. The SMILES string of the molecule is COC(=O)[C@@H]1CCCN1C(=O)[C@H](C)NC(=O)c1cccs1. The minimum Gasteiger partial charge on any atom is -0.467 e. The van der Waals surface area contributed by atoms with Crippen LogP contribution in [0.4, 0.5) is 0 Å². The molecule has 1 aliphatic rings. The van der Waals surface area contributed by atoms with Gasteiger partial charge in [0.15, 0.2) is 0 Å². The lowest BCUT2D eigenvalue weighted by Crippen LogP contribution is -2.50. The maximum Gasteiger partial charge on any atom is 0.328 e. The van der Waals surface area contributed by atoms with E-state index in [1.165, 1.54) is 23.3 Å². The van der Waals surface area contributed by atoms with E-state index in [1.807, 2.05) is 0 Å². The van der Waals surface area contributed by atoms with Crippen molar-refractivity contribution < 1.29 is 19.1 Å². The van der Waals surface area contributed by atoms with Crippen LogP contribution in [-0.2, 0) is 14.3 Å². The molecule has 1 aliphatic heterocycles. The smallest absolute Gasteiger partial charge is 0.328 e. The molecule has 0 bridgehead atoms. The molecule has 0 unspecified atom stereocenters. The van der Waals surface area contributed by atoms with Gasteiger partial charge in [-0.3, -0.25) is 9.59 Å². The molecule has 0 spiro atoms. The number of ether oxygens (including phenoxy) is 1. The van der Waals surface area contributed by atoms with Gasteiger partial charge in [0.05, 0.1) is 12.0 Å². The van der Waals surface area contributed by atoms with Crippen LogP contribution in [0.15, 0.2) is 17.5 Å². The number of carbonyl (C=O) groups is 3. The lowest BCUT2D eigenvalue weighted by molar-refractivity contribution is -0.151. The van der Waals surface area contributed by atoms with Crippen molar-refractivity contribution in [2.24, 2.45) is 0 Å². The normalized spacial score (nSPS) is 19.1. The molecule has 1 aromatic rings. The third-order valence-corrected chi connectivity index (χ3v) is 4.34. The predicted octanol–water partition coefficient (Wildman–Crippen LogP) is 1.03. The first-order valence-electron chi connectivity index (χ1n) is 6.77. The van der Waals surface area contributed by atoms with Crippen LogP contribution in [0, 0.1) is 0 Å². The molecule has 21 heavy (non-hydrogen) atoms. The molecular weight excluding hydrogens is 292 g/mol. The molecule has 0 aliphatic carbocycles. The van der Waals surface area contributed by atoms with Crippen LogP contribution >= 0.6 is 11.3 Å². The van der Waals surface area contributed by atoms with Crippen molar-refractivity contribution >= 4 is 29.1 Å². The van der Waals surface area contributed by atoms with Gasteiger partial charge < -0.3 is 15.0 Å². The maximum atomic E-state index is 12.4. The maximum absolute atomic E-state index is 12.4. The number of hydrogen-bond acceptors (Lipinski definition) is 5. The summed E-state index contributed by atoms with van der Waals surface area (Å²) in [6.45, 7) is 2.14. The Kier molecular flexibility index (Phi) is 4.95. The Morgan fingerprint density at radius 3 is 2.86 bits per heavy atom. The number of rotatable bonds is 4. The number of likely N-dealkylation sites (tertiary alicyclic amines) is 1. The molecule has 114 valence electrons. The summed E-state index contributed by atoms with van der Waals surface area (Å²) in [5.74, 6) is -0.940. The summed E-state index contributed by atoms with van der Waals surface area (Å²) in [4.78, 5) is 38.0. The Morgan fingerprint density at radius 1 is 1.48 bits per heavy atom. The quantitative estimate of drug-likeness (QED) is 0.843. The van der Waals surface area contributed by atoms with Gasteiger partial charge in [0, 0.05) is 6.54 Å². The molecular formula is C14H18N2O4S. The van der Waals surface area contributed by atoms with Gasteiger partial charge in [0.2, 0.25) is 5.91 Å². The monoisotopic (exact) mass is 310 g/mol. The Bertz CT molecular complexity index is 529. The summed E-state index contributed by atoms with van der Waals surface area (Å²) in [6.07, 6.45) is 1.36. The summed E-state index contributed by atoms with van der Waals surface area (Å²) >= 11 is 1.31. The van der Waals surface area contributed by atoms with Gasteiger partial charge in [-0.15, -0.1) is 11.3 Å². The Morgan fingerprint density at radius 2 is 2.24 bits per heavy atom. The standard InChI is InChI=1S/C14H18N2O4S/c1-9(15-12(17)11-6-4-8-21-11)13(18)16-7-3-5-10(16)14(19)20-2/h4,6,8-10H,3,5,7H2,1-2H3,(H,15,17)/t9-,10-/m0/s1. The fourth-order valence-corrected chi connectivity index (χ4v) is 3.02. The summed E-state index contributed by atoms with van der Waals surface area (Å²) in [6, 6.07) is 2.26. The lowest BCUT2D eigenvalue weighted by atomic mass is 10.2. The van der Waals surface area contributed by atoms with Gasteiger partial charge in [0.1, 0.15) is 12.1 Å². The predicted molar refractivity (Wildman–Crippen MR) is 78.0 cm³/mol. The molecule has 0 radical (unpaired) electrons. The molecule has 2 amide bonds. The van der Waals surface area contributed by atoms with Crippen LogP contribution in [0.3, 0.4) is 0 Å². The van der Waals surface area contributed by atoms with E-state index in [0.717, 1.165) is 6.42 Å². The summed E-state index contributed by atoms with van der Waals surface area (Å²) < 4.78 is 4.72. The second kappa shape index (κ2) is 6.71. The molecule has 2 atom stereocenters. The van der Waals surface area contributed by atoms with Gasteiger partial charge >= 0.3 is 5.97 Å². The zero-order valence-electron chi connectivity index (χ0n) is 12.0. The topological polar surface area (TPSA) is 75.7 Å². The van der Waals surface area contributed by atoms with Crippen molar-refractivity contribution in [3.05, 3.63) is 22.4 Å². The number of esters is 1. The fourth-order valence-electron chi connectivity index (χ4n) is 2.40. The van der Waals surface area contributed by atoms with Crippen LogP contribution in [0.25, 0.3) is 0 Å². The zero-order chi connectivity index (χ0) is 15.4. The molecule has 2 heterocycles. The Labute approximate surface area is 127 Å². The highest BCUT2D eigenvalue weighted by atomic mass is 32.1. The van der Waals surface area contributed by atoms with Crippen molar-refractivity contribution in [2.45, 2.75) is 31.8 Å². The molecule has 2 rings (SSSR count). The number of thiophene rings is 1. The molecule has 1 fully saturated rings. The summed E-state index contributed by atoms with van der Waals surface area (Å²) in [5, 5.41) is 4.47. The van der Waals surface area contributed by atoms with Crippen LogP contribution in [0.1, 0.15) is 29.4 Å². The van der Waals surface area contributed by atoms with Gasteiger partial charge in [-0.2, -0.15) is 0 Å². The van der Waals surface area contributed by atoms with Crippen molar-refractivity contribution in [3.63, 3.8) is 0 Å². The number of nitrogens with zero attached hydrogens (tertiary/aromatic N) is 1. The van der Waals surface area contributed by atoms with Crippen LogP contribution < -0.4 is 5.32 Å². The van der Waals surface area contributed by atoms with Gasteiger partial charge in [0.25, 0.3) is 5.91 Å². The molecule has 1 aromatic heterocycles. The van der Waals surface area contributed by atoms with Crippen LogP contribution in [0.5, 0.6) is 0 Å². The largest absolute Gasteiger partial charge is 0.467 e. The molecule has 1 N–H and O–H groups in total. The number of nitrogens with one attached hydrogen (secondary N) is 1. The highest BCUT2D eigenvalue weighted by molar-refractivity contribution is 7.12. The van der Waals surface area contributed by atoms with Crippen LogP contribution in [0.2, 0.25) is 0 Å². The minimum atomic E-state index is -0.676. The van der Waals surface area contributed by atoms with E-state index < -0.39 is 18.1 Å². The van der Waals surface area contributed by atoms with E-state index in [2.05, 4.69) is 5.32 Å². The third-order valence-electron chi connectivity index (χ3n) is 3.47. The van der Waals surface area contributed by atoms with Gasteiger partial charge in [-0.05, 0) is 31.2 Å². The average molecular weight is 310 g/mol. The van der Waals surface area contributed by atoms with E-state index >= 15 is 0 Å². The lowest BCUT2D eigenvalue weighted by Gasteiger charge is -2.26.